The molecule has 0 saturated carbocycles. The molecule has 3 atom stereocenters. The molecule has 2 aromatic heterocycles. The molecule has 0 aliphatic carbocycles. The number of carbonyl (C=O) groups excluding carboxylic acids is 1. The van der Waals surface area contributed by atoms with Crippen molar-refractivity contribution in [2.24, 2.45) is 7.05 Å². The highest BCUT2D eigenvalue weighted by atomic mass is 32.1. The van der Waals surface area contributed by atoms with E-state index in [9.17, 15) is 14.9 Å². The van der Waals surface area contributed by atoms with Gasteiger partial charge in [-0.1, -0.05) is 0 Å². The summed E-state index contributed by atoms with van der Waals surface area (Å²) in [6, 6.07) is -0.354. The first kappa shape index (κ1) is 17.0. The Labute approximate surface area is 152 Å². The van der Waals surface area contributed by atoms with Gasteiger partial charge in [-0.05, 0) is 17.1 Å². The molecule has 3 unspecified atom stereocenters. The van der Waals surface area contributed by atoms with Crippen molar-refractivity contribution in [3.63, 3.8) is 0 Å². The maximum absolute atomic E-state index is 12.0. The summed E-state index contributed by atoms with van der Waals surface area (Å²) in [5.74, 6) is 0.762. The van der Waals surface area contributed by atoms with Crippen LogP contribution < -0.4 is 0 Å². The number of fused-ring (bicyclic) bond motifs is 2. The van der Waals surface area contributed by atoms with E-state index in [0.717, 1.165) is 0 Å². The van der Waals surface area contributed by atoms with E-state index < -0.39 is 11.2 Å². The summed E-state index contributed by atoms with van der Waals surface area (Å²) in [5, 5.41) is 15.7. The number of carbonyl (C=O) groups is 1. The van der Waals surface area contributed by atoms with Crippen molar-refractivity contribution in [2.45, 2.75) is 38.3 Å². The van der Waals surface area contributed by atoms with Crippen LogP contribution in [0.2, 0.25) is 0 Å². The standard InChI is InChI=1S/C14H16N6O5S/c1-7-15-4-12(20(22)23)18(7)5-11-16-19(14(26)17(11)2)8-3-9(21)13-24-6-10(8)25-13/h4,8,10,13H,3,5-6H2,1-2H3. The minimum Gasteiger partial charge on any atom is -0.358 e. The van der Waals surface area contributed by atoms with Crippen LogP contribution in [0.25, 0.3) is 0 Å². The average Bonchev–Trinajstić information content (AvgIpc) is 3.26. The second kappa shape index (κ2) is 6.07. The fraction of sp³-hybridized carbons (Fsp3) is 0.571. The number of imidazole rings is 1. The van der Waals surface area contributed by atoms with Crippen molar-refractivity contribution < 1.29 is 19.2 Å². The Morgan fingerprint density at radius 1 is 1.50 bits per heavy atom. The maximum atomic E-state index is 12.0. The van der Waals surface area contributed by atoms with Crippen molar-refractivity contribution in [1.29, 1.82) is 0 Å². The van der Waals surface area contributed by atoms with E-state index in [1.165, 1.54) is 10.8 Å². The largest absolute Gasteiger partial charge is 0.358 e. The molecule has 2 aromatic rings. The lowest BCUT2D eigenvalue weighted by molar-refractivity contribution is -0.392. The summed E-state index contributed by atoms with van der Waals surface area (Å²) >= 11 is 5.46. The molecule has 4 heterocycles. The molecule has 2 bridgehead atoms. The van der Waals surface area contributed by atoms with Crippen LogP contribution in [0, 0.1) is 21.8 Å². The Morgan fingerprint density at radius 3 is 3.00 bits per heavy atom. The van der Waals surface area contributed by atoms with E-state index in [-0.39, 0.29) is 36.7 Å². The zero-order valence-corrected chi connectivity index (χ0v) is 14.9. The van der Waals surface area contributed by atoms with Gasteiger partial charge in [-0.2, -0.15) is 5.10 Å². The Hall–Kier alpha value is -2.44. The molecule has 0 N–H and O–H groups in total. The van der Waals surface area contributed by atoms with Crippen LogP contribution in [-0.4, -0.2) is 53.6 Å². The van der Waals surface area contributed by atoms with Crippen LogP contribution in [0.1, 0.15) is 24.1 Å². The zero-order chi connectivity index (χ0) is 18.6. The van der Waals surface area contributed by atoms with Crippen molar-refractivity contribution in [1.82, 2.24) is 23.9 Å². The monoisotopic (exact) mass is 380 g/mol. The summed E-state index contributed by atoms with van der Waals surface area (Å²) in [6.45, 7) is 2.13. The van der Waals surface area contributed by atoms with Gasteiger partial charge in [0.2, 0.25) is 6.29 Å². The highest BCUT2D eigenvalue weighted by Crippen LogP contribution is 2.33. The van der Waals surface area contributed by atoms with Gasteiger partial charge in [0.1, 0.15) is 12.3 Å². The molecule has 11 nitrogen and oxygen atoms in total. The summed E-state index contributed by atoms with van der Waals surface area (Å²) in [5.41, 5.74) is 0. The van der Waals surface area contributed by atoms with E-state index in [4.69, 9.17) is 21.7 Å². The van der Waals surface area contributed by atoms with E-state index in [1.807, 2.05) is 0 Å². The normalized spacial score (nSPS) is 25.0. The average molecular weight is 380 g/mol. The molecule has 26 heavy (non-hydrogen) atoms. The molecular weight excluding hydrogens is 364 g/mol. The highest BCUT2D eigenvalue weighted by Gasteiger charge is 2.45. The van der Waals surface area contributed by atoms with Gasteiger partial charge in [-0.3, -0.25) is 4.79 Å². The third kappa shape index (κ3) is 2.57. The summed E-state index contributed by atoms with van der Waals surface area (Å²) in [7, 11) is 1.73. The number of ether oxygens (including phenoxy) is 2. The molecule has 2 aliphatic heterocycles. The Balaban J connectivity index is 1.69. The van der Waals surface area contributed by atoms with Gasteiger partial charge < -0.3 is 24.2 Å². The molecule has 4 rings (SSSR count). The Morgan fingerprint density at radius 2 is 2.27 bits per heavy atom. The van der Waals surface area contributed by atoms with Gasteiger partial charge in [0, 0.05) is 20.4 Å². The summed E-state index contributed by atoms with van der Waals surface area (Å²) in [4.78, 5) is 26.7. The van der Waals surface area contributed by atoms with Crippen LogP contribution in [0.5, 0.6) is 0 Å². The molecule has 2 fully saturated rings. The van der Waals surface area contributed by atoms with Crippen LogP contribution >= 0.6 is 12.2 Å². The molecule has 0 amide bonds. The number of nitro groups is 1. The minimum atomic E-state index is -0.787. The number of rotatable bonds is 4. The minimum absolute atomic E-state index is 0.119. The zero-order valence-electron chi connectivity index (χ0n) is 14.1. The quantitative estimate of drug-likeness (QED) is 0.431. The van der Waals surface area contributed by atoms with Gasteiger partial charge in [0.25, 0.3) is 0 Å². The van der Waals surface area contributed by atoms with E-state index >= 15 is 0 Å². The van der Waals surface area contributed by atoms with Crippen LogP contribution in [0.15, 0.2) is 6.20 Å². The first-order chi connectivity index (χ1) is 12.4. The predicted octanol–water partition coefficient (Wildman–Crippen LogP) is 0.668. The maximum Gasteiger partial charge on any atom is 0.343 e. The van der Waals surface area contributed by atoms with Gasteiger partial charge in [-0.15, -0.1) is 0 Å². The molecule has 2 saturated heterocycles. The van der Waals surface area contributed by atoms with Gasteiger partial charge in [0.15, 0.2) is 28.7 Å². The lowest BCUT2D eigenvalue weighted by Gasteiger charge is -2.26. The number of hydrogen-bond acceptors (Lipinski definition) is 8. The van der Waals surface area contributed by atoms with E-state index in [2.05, 4.69) is 10.1 Å². The van der Waals surface area contributed by atoms with Crippen LogP contribution in [0.3, 0.4) is 0 Å². The predicted molar refractivity (Wildman–Crippen MR) is 88.0 cm³/mol. The molecule has 0 radical (unpaired) electrons. The molecule has 138 valence electrons. The second-order valence-electron chi connectivity index (χ2n) is 6.29. The first-order valence-corrected chi connectivity index (χ1v) is 8.38. The number of aromatic nitrogens is 5. The number of hydrogen-bond donors (Lipinski definition) is 0. The Kier molecular flexibility index (Phi) is 3.97. The van der Waals surface area contributed by atoms with Crippen molar-refractivity contribution in [3.8, 4) is 0 Å². The van der Waals surface area contributed by atoms with Gasteiger partial charge >= 0.3 is 5.82 Å². The number of ketones is 1. The highest BCUT2D eigenvalue weighted by molar-refractivity contribution is 7.71. The third-order valence-corrected chi connectivity index (χ3v) is 5.20. The molecule has 0 spiro atoms. The lowest BCUT2D eigenvalue weighted by Crippen LogP contribution is -2.37. The number of Topliss-reactive ketones (excluding diaryl/α,β-unsaturated/α-hetero) is 1. The molecule has 12 heteroatoms. The van der Waals surface area contributed by atoms with Crippen molar-refractivity contribution in [3.05, 3.63) is 32.7 Å². The topological polar surface area (TPSA) is 119 Å². The molecular formula is C14H16N6O5S. The van der Waals surface area contributed by atoms with Crippen LogP contribution in [0.4, 0.5) is 5.82 Å². The fourth-order valence-electron chi connectivity index (χ4n) is 3.26. The number of nitrogens with zero attached hydrogens (tertiary/aromatic N) is 6. The SMILES string of the molecule is Cc1ncc([N+](=O)[O-])n1Cc1nn(C2CC(=O)C3OCC2O3)c(=S)n1C. The lowest BCUT2D eigenvalue weighted by atomic mass is 10.0. The smallest absolute Gasteiger partial charge is 0.343 e. The third-order valence-electron chi connectivity index (χ3n) is 4.74. The number of aryl methyl sites for hydroxylation is 1. The first-order valence-electron chi connectivity index (χ1n) is 7.97. The van der Waals surface area contributed by atoms with Crippen molar-refractivity contribution in [2.75, 3.05) is 6.61 Å². The van der Waals surface area contributed by atoms with Gasteiger partial charge in [0.05, 0.1) is 12.6 Å². The second-order valence-corrected chi connectivity index (χ2v) is 6.65. The summed E-state index contributed by atoms with van der Waals surface area (Å²) in [6.07, 6.45) is 0.357. The molecule has 2 aliphatic rings. The summed E-state index contributed by atoms with van der Waals surface area (Å²) < 4.78 is 16.0. The van der Waals surface area contributed by atoms with E-state index in [0.29, 0.717) is 23.0 Å². The van der Waals surface area contributed by atoms with Crippen LogP contribution in [-0.2, 0) is 27.9 Å². The van der Waals surface area contributed by atoms with Gasteiger partial charge in [-0.25, -0.2) is 14.2 Å². The molecule has 0 aromatic carbocycles. The van der Waals surface area contributed by atoms with Crippen molar-refractivity contribution >= 4 is 23.8 Å². The van der Waals surface area contributed by atoms with E-state index in [1.54, 1.807) is 23.2 Å². The Bertz CT molecular complexity index is 962. The fourth-order valence-corrected chi connectivity index (χ4v) is 3.54.